The molecule has 0 unspecified atom stereocenters. The Balaban J connectivity index is 1.57. The number of thiophene rings is 1. The molecule has 1 aromatic carbocycles. The van der Waals surface area contributed by atoms with E-state index < -0.39 is 10.0 Å². The van der Waals surface area contributed by atoms with E-state index in [-0.39, 0.29) is 4.21 Å². The van der Waals surface area contributed by atoms with Gasteiger partial charge < -0.3 is 4.57 Å². The van der Waals surface area contributed by atoms with E-state index in [1.54, 1.807) is 24.3 Å². The highest BCUT2D eigenvalue weighted by Gasteiger charge is 2.18. The Morgan fingerprint density at radius 2 is 1.85 bits per heavy atom. The Kier molecular flexibility index (Phi) is 4.85. The lowest BCUT2D eigenvalue weighted by Gasteiger charge is -2.09. The van der Waals surface area contributed by atoms with Gasteiger partial charge in [0.05, 0.1) is 3.79 Å². The lowest BCUT2D eigenvalue weighted by Crippen LogP contribution is -2.11. The number of rotatable bonds is 4. The number of sulfonamides is 1. The fourth-order valence-corrected chi connectivity index (χ4v) is 6.10. The molecule has 0 atom stereocenters. The Labute approximate surface area is 164 Å². The fraction of sp³-hybridized carbons (Fsp3) is 0.294. The van der Waals surface area contributed by atoms with Crippen LogP contribution in [0.2, 0.25) is 0 Å². The van der Waals surface area contributed by atoms with E-state index in [2.05, 4.69) is 35.4 Å². The lowest BCUT2D eigenvalue weighted by atomic mass is 10.2. The number of hydrogen-bond acceptors (Lipinski definition) is 5. The largest absolute Gasteiger partial charge is 0.311 e. The monoisotopic (exact) mass is 452 g/mol. The molecule has 0 saturated heterocycles. The van der Waals surface area contributed by atoms with Crippen molar-refractivity contribution in [2.45, 2.75) is 36.4 Å². The first-order chi connectivity index (χ1) is 12.5. The third-order valence-electron chi connectivity index (χ3n) is 4.32. The second-order valence-corrected chi connectivity index (χ2v) is 10.5. The van der Waals surface area contributed by atoms with Gasteiger partial charge in [0.2, 0.25) is 0 Å². The van der Waals surface area contributed by atoms with Gasteiger partial charge in [0.25, 0.3) is 10.0 Å². The second-order valence-electron chi connectivity index (χ2n) is 6.14. The van der Waals surface area contributed by atoms with Crippen LogP contribution in [0.1, 0.15) is 25.1 Å². The summed E-state index contributed by atoms with van der Waals surface area (Å²) in [4.78, 5) is 0. The lowest BCUT2D eigenvalue weighted by molar-refractivity contribution is 0.603. The van der Waals surface area contributed by atoms with Gasteiger partial charge in [-0.1, -0.05) is 6.42 Å². The number of anilines is 1. The third kappa shape index (κ3) is 3.56. The molecule has 26 heavy (non-hydrogen) atoms. The van der Waals surface area contributed by atoms with Gasteiger partial charge in [0.1, 0.15) is 10.0 Å². The first-order valence-corrected chi connectivity index (χ1v) is 11.4. The minimum Gasteiger partial charge on any atom is -0.311 e. The highest BCUT2D eigenvalue weighted by atomic mass is 79.9. The SMILES string of the molecule is O=S(=O)(Nc1ccc(-c2nnc3n2CCCCC3)cc1)c1ccc(Br)s1. The van der Waals surface area contributed by atoms with Gasteiger partial charge in [-0.05, 0) is 65.2 Å². The molecular weight excluding hydrogens is 436 g/mol. The summed E-state index contributed by atoms with van der Waals surface area (Å²) in [6.07, 6.45) is 4.45. The number of halogens is 1. The summed E-state index contributed by atoms with van der Waals surface area (Å²) >= 11 is 4.47. The number of aryl methyl sites for hydroxylation is 1. The maximum absolute atomic E-state index is 12.4. The molecule has 0 spiro atoms. The smallest absolute Gasteiger partial charge is 0.271 e. The van der Waals surface area contributed by atoms with Crippen LogP contribution in [-0.2, 0) is 23.0 Å². The summed E-state index contributed by atoms with van der Waals surface area (Å²) in [5.74, 6) is 1.88. The average molecular weight is 453 g/mol. The normalized spacial score (nSPS) is 14.7. The molecule has 1 aliphatic heterocycles. The zero-order valence-corrected chi connectivity index (χ0v) is 17.1. The molecule has 0 saturated carbocycles. The number of aromatic nitrogens is 3. The van der Waals surface area contributed by atoms with Crippen molar-refractivity contribution >= 4 is 43.0 Å². The number of nitrogens with zero attached hydrogens (tertiary/aromatic N) is 3. The van der Waals surface area contributed by atoms with Crippen molar-refractivity contribution < 1.29 is 8.42 Å². The summed E-state index contributed by atoms with van der Waals surface area (Å²) in [7, 11) is -3.57. The standard InChI is InChI=1S/C17H17BrN4O2S2/c18-14-9-10-16(25-14)26(23,24)21-13-7-5-12(6-8-13)17-20-19-15-4-2-1-3-11-22(15)17/h5-10,21H,1-4,11H2. The summed E-state index contributed by atoms with van der Waals surface area (Å²) in [5, 5.41) is 8.65. The Hall–Kier alpha value is -1.71. The maximum atomic E-state index is 12.4. The molecule has 0 bridgehead atoms. The number of hydrogen-bond donors (Lipinski definition) is 1. The van der Waals surface area contributed by atoms with E-state index in [1.165, 1.54) is 17.8 Å². The van der Waals surface area contributed by atoms with Gasteiger partial charge in [0.15, 0.2) is 5.82 Å². The van der Waals surface area contributed by atoms with Crippen LogP contribution in [0.3, 0.4) is 0 Å². The summed E-state index contributed by atoms with van der Waals surface area (Å²) < 4.78 is 30.7. The van der Waals surface area contributed by atoms with Crippen LogP contribution in [0.15, 0.2) is 44.4 Å². The van der Waals surface area contributed by atoms with E-state index in [4.69, 9.17) is 0 Å². The van der Waals surface area contributed by atoms with Crippen LogP contribution >= 0.6 is 27.3 Å². The van der Waals surface area contributed by atoms with Gasteiger partial charge in [-0.25, -0.2) is 8.42 Å². The first kappa shape index (κ1) is 17.7. The highest BCUT2D eigenvalue weighted by Crippen LogP contribution is 2.28. The van der Waals surface area contributed by atoms with E-state index in [0.717, 1.165) is 46.8 Å². The number of nitrogens with one attached hydrogen (secondary N) is 1. The summed E-state index contributed by atoms with van der Waals surface area (Å²) in [5.41, 5.74) is 1.46. The molecule has 0 aliphatic carbocycles. The molecule has 136 valence electrons. The van der Waals surface area contributed by atoms with Crippen LogP contribution < -0.4 is 4.72 Å². The van der Waals surface area contributed by atoms with E-state index >= 15 is 0 Å². The zero-order chi connectivity index (χ0) is 18.1. The van der Waals surface area contributed by atoms with Crippen LogP contribution in [0.5, 0.6) is 0 Å². The number of fused-ring (bicyclic) bond motifs is 1. The average Bonchev–Trinajstić information content (AvgIpc) is 3.16. The first-order valence-electron chi connectivity index (χ1n) is 8.34. The molecule has 3 heterocycles. The maximum Gasteiger partial charge on any atom is 0.271 e. The Morgan fingerprint density at radius 3 is 2.58 bits per heavy atom. The van der Waals surface area contributed by atoms with Crippen LogP contribution in [0.25, 0.3) is 11.4 Å². The van der Waals surface area contributed by atoms with Crippen molar-refractivity contribution in [3.05, 3.63) is 46.0 Å². The zero-order valence-electron chi connectivity index (χ0n) is 13.9. The molecule has 0 fully saturated rings. The van der Waals surface area contributed by atoms with Gasteiger partial charge >= 0.3 is 0 Å². The molecule has 0 radical (unpaired) electrons. The van der Waals surface area contributed by atoms with Gasteiger partial charge in [-0.15, -0.1) is 21.5 Å². The summed E-state index contributed by atoms with van der Waals surface area (Å²) in [6.45, 7) is 0.930. The van der Waals surface area contributed by atoms with Gasteiger partial charge in [0, 0.05) is 24.2 Å². The van der Waals surface area contributed by atoms with Crippen LogP contribution in [0, 0.1) is 0 Å². The summed E-state index contributed by atoms with van der Waals surface area (Å²) in [6, 6.07) is 10.6. The molecule has 2 aromatic heterocycles. The molecular formula is C17H17BrN4O2S2. The van der Waals surface area contributed by atoms with Crippen LogP contribution in [-0.4, -0.2) is 23.2 Å². The van der Waals surface area contributed by atoms with Crippen molar-refractivity contribution in [2.75, 3.05) is 4.72 Å². The van der Waals surface area contributed by atoms with Crippen molar-refractivity contribution in [1.82, 2.24) is 14.8 Å². The molecule has 0 amide bonds. The molecule has 9 heteroatoms. The van der Waals surface area contributed by atoms with E-state index in [9.17, 15) is 8.42 Å². The van der Waals surface area contributed by atoms with Crippen molar-refractivity contribution in [2.24, 2.45) is 0 Å². The predicted octanol–water partition coefficient (Wildman–Crippen LogP) is 4.30. The number of benzene rings is 1. The molecule has 1 aliphatic rings. The van der Waals surface area contributed by atoms with Gasteiger partial charge in [-0.2, -0.15) is 0 Å². The molecule has 4 rings (SSSR count). The highest BCUT2D eigenvalue weighted by molar-refractivity contribution is 9.11. The van der Waals surface area contributed by atoms with Gasteiger partial charge in [-0.3, -0.25) is 4.72 Å². The van der Waals surface area contributed by atoms with Crippen molar-refractivity contribution in [3.63, 3.8) is 0 Å². The Morgan fingerprint density at radius 1 is 1.04 bits per heavy atom. The topological polar surface area (TPSA) is 76.9 Å². The molecule has 1 N–H and O–H groups in total. The minimum absolute atomic E-state index is 0.274. The Bertz CT molecular complexity index is 1030. The van der Waals surface area contributed by atoms with Crippen LogP contribution in [0.4, 0.5) is 5.69 Å². The van der Waals surface area contributed by atoms with E-state index in [0.29, 0.717) is 5.69 Å². The van der Waals surface area contributed by atoms with Crippen molar-refractivity contribution in [1.29, 1.82) is 0 Å². The predicted molar refractivity (Wildman–Crippen MR) is 106 cm³/mol. The second kappa shape index (κ2) is 7.13. The van der Waals surface area contributed by atoms with E-state index in [1.807, 2.05) is 12.1 Å². The third-order valence-corrected chi connectivity index (χ3v) is 7.81. The minimum atomic E-state index is -3.57. The quantitative estimate of drug-likeness (QED) is 0.639. The van der Waals surface area contributed by atoms with Crippen molar-refractivity contribution in [3.8, 4) is 11.4 Å². The molecule has 6 nitrogen and oxygen atoms in total. The molecule has 3 aromatic rings. The fourth-order valence-electron chi connectivity index (χ4n) is 3.03.